The van der Waals surface area contributed by atoms with Gasteiger partial charge in [0, 0.05) is 19.1 Å². The van der Waals surface area contributed by atoms with Crippen LogP contribution in [0.3, 0.4) is 0 Å². The highest BCUT2D eigenvalue weighted by molar-refractivity contribution is 5.77. The van der Waals surface area contributed by atoms with Crippen molar-refractivity contribution in [3.05, 3.63) is 0 Å². The van der Waals surface area contributed by atoms with E-state index < -0.39 is 11.9 Å². The molecule has 0 aromatic carbocycles. The number of hydrogen-bond acceptors (Lipinski definition) is 4. The van der Waals surface area contributed by atoms with Crippen molar-refractivity contribution in [2.24, 2.45) is 5.92 Å². The van der Waals surface area contributed by atoms with Gasteiger partial charge in [-0.3, -0.25) is 9.59 Å². The molecule has 6 heteroatoms. The average molecular weight is 272 g/mol. The first-order chi connectivity index (χ1) is 9.06. The van der Waals surface area contributed by atoms with E-state index in [9.17, 15) is 9.59 Å². The molecule has 0 aromatic rings. The largest absolute Gasteiger partial charge is 0.481 e. The minimum Gasteiger partial charge on any atom is -0.481 e. The van der Waals surface area contributed by atoms with Crippen LogP contribution in [0, 0.1) is 5.92 Å². The standard InChI is InChI=1S/C13H24N2O4/c1-3-10(4-2)15-12(16)8-19-11-5-9(13(17)18)6-14-7-11/h9-11,14H,3-8H2,1-2H3,(H,15,16)(H,17,18). The summed E-state index contributed by atoms with van der Waals surface area (Å²) in [4.78, 5) is 22.5. The van der Waals surface area contributed by atoms with Gasteiger partial charge in [-0.2, -0.15) is 0 Å². The maximum Gasteiger partial charge on any atom is 0.307 e. The Bertz CT molecular complexity index is 305. The van der Waals surface area contributed by atoms with Gasteiger partial charge in [-0.1, -0.05) is 13.8 Å². The third kappa shape index (κ3) is 5.57. The Labute approximate surface area is 113 Å². The number of piperidine rings is 1. The fourth-order valence-electron chi connectivity index (χ4n) is 2.17. The highest BCUT2D eigenvalue weighted by Crippen LogP contribution is 2.13. The Kier molecular flexibility index (Phi) is 6.80. The second kappa shape index (κ2) is 8.12. The number of aliphatic carboxylic acids is 1. The molecule has 1 amide bonds. The van der Waals surface area contributed by atoms with Gasteiger partial charge in [0.05, 0.1) is 12.0 Å². The van der Waals surface area contributed by atoms with Gasteiger partial charge < -0.3 is 20.5 Å². The number of carbonyl (C=O) groups excluding carboxylic acids is 1. The van der Waals surface area contributed by atoms with Crippen molar-refractivity contribution in [2.75, 3.05) is 19.7 Å². The van der Waals surface area contributed by atoms with E-state index in [-0.39, 0.29) is 24.7 Å². The lowest BCUT2D eigenvalue weighted by atomic mass is 9.98. The summed E-state index contributed by atoms with van der Waals surface area (Å²) in [7, 11) is 0. The van der Waals surface area contributed by atoms with Crippen molar-refractivity contribution in [1.82, 2.24) is 10.6 Å². The Morgan fingerprint density at radius 3 is 2.63 bits per heavy atom. The van der Waals surface area contributed by atoms with E-state index in [1.165, 1.54) is 0 Å². The molecule has 1 saturated heterocycles. The third-order valence-electron chi connectivity index (χ3n) is 3.46. The van der Waals surface area contributed by atoms with E-state index >= 15 is 0 Å². The summed E-state index contributed by atoms with van der Waals surface area (Å²) in [6.07, 6.45) is 2.05. The molecule has 0 radical (unpaired) electrons. The van der Waals surface area contributed by atoms with Crippen LogP contribution in [0.25, 0.3) is 0 Å². The topological polar surface area (TPSA) is 87.7 Å². The van der Waals surface area contributed by atoms with Crippen LogP contribution >= 0.6 is 0 Å². The smallest absolute Gasteiger partial charge is 0.307 e. The lowest BCUT2D eigenvalue weighted by molar-refractivity contribution is -0.144. The first kappa shape index (κ1) is 15.9. The lowest BCUT2D eigenvalue weighted by Gasteiger charge is -2.27. The van der Waals surface area contributed by atoms with Gasteiger partial charge in [0.25, 0.3) is 0 Å². The van der Waals surface area contributed by atoms with Crippen molar-refractivity contribution in [1.29, 1.82) is 0 Å². The second-order valence-electron chi connectivity index (χ2n) is 4.94. The van der Waals surface area contributed by atoms with Gasteiger partial charge in [0.15, 0.2) is 0 Å². The van der Waals surface area contributed by atoms with Crippen molar-refractivity contribution in [3.8, 4) is 0 Å². The first-order valence-corrected chi connectivity index (χ1v) is 6.91. The number of hydrogen-bond donors (Lipinski definition) is 3. The van der Waals surface area contributed by atoms with Gasteiger partial charge in [0.1, 0.15) is 6.61 Å². The quantitative estimate of drug-likeness (QED) is 0.623. The van der Waals surface area contributed by atoms with E-state index in [1.54, 1.807) is 0 Å². The number of carboxylic acids is 1. The van der Waals surface area contributed by atoms with Crippen LogP contribution < -0.4 is 10.6 Å². The molecular weight excluding hydrogens is 248 g/mol. The van der Waals surface area contributed by atoms with Crippen molar-refractivity contribution >= 4 is 11.9 Å². The molecule has 19 heavy (non-hydrogen) atoms. The number of nitrogens with one attached hydrogen (secondary N) is 2. The summed E-state index contributed by atoms with van der Waals surface area (Å²) in [5, 5.41) is 14.8. The average Bonchev–Trinajstić information content (AvgIpc) is 2.42. The Morgan fingerprint density at radius 2 is 2.05 bits per heavy atom. The van der Waals surface area contributed by atoms with E-state index in [4.69, 9.17) is 9.84 Å². The molecule has 1 fully saturated rings. The predicted octanol–water partition coefficient (Wildman–Crippen LogP) is 0.371. The molecule has 0 spiro atoms. The molecule has 0 saturated carbocycles. The number of carbonyl (C=O) groups is 2. The summed E-state index contributed by atoms with van der Waals surface area (Å²) in [6, 6.07) is 0.187. The third-order valence-corrected chi connectivity index (χ3v) is 3.46. The van der Waals surface area contributed by atoms with Gasteiger partial charge >= 0.3 is 5.97 Å². The van der Waals surface area contributed by atoms with Crippen molar-refractivity contribution in [2.45, 2.75) is 45.3 Å². The Balaban J connectivity index is 2.28. The summed E-state index contributed by atoms with van der Waals surface area (Å²) in [5.41, 5.74) is 0. The SMILES string of the molecule is CCC(CC)NC(=O)COC1CNCC(C(=O)O)C1. The molecule has 2 unspecified atom stereocenters. The van der Waals surface area contributed by atoms with E-state index in [0.29, 0.717) is 19.5 Å². The van der Waals surface area contributed by atoms with Gasteiger partial charge in [-0.05, 0) is 19.3 Å². The number of rotatable bonds is 7. The van der Waals surface area contributed by atoms with Crippen LogP contribution in [-0.2, 0) is 14.3 Å². The van der Waals surface area contributed by atoms with Crippen LogP contribution in [-0.4, -0.2) is 48.8 Å². The maximum atomic E-state index is 11.7. The number of ether oxygens (including phenoxy) is 1. The first-order valence-electron chi connectivity index (χ1n) is 6.91. The van der Waals surface area contributed by atoms with Gasteiger partial charge in [-0.15, -0.1) is 0 Å². The second-order valence-corrected chi connectivity index (χ2v) is 4.94. The molecule has 0 aromatic heterocycles. The van der Waals surface area contributed by atoms with Crippen LogP contribution in [0.4, 0.5) is 0 Å². The molecule has 1 aliphatic heterocycles. The molecule has 3 N–H and O–H groups in total. The predicted molar refractivity (Wildman–Crippen MR) is 70.9 cm³/mol. The molecule has 2 atom stereocenters. The van der Waals surface area contributed by atoms with Gasteiger partial charge in [-0.25, -0.2) is 0 Å². The molecule has 0 aliphatic carbocycles. The van der Waals surface area contributed by atoms with Crippen molar-refractivity contribution < 1.29 is 19.4 Å². The highest BCUT2D eigenvalue weighted by Gasteiger charge is 2.27. The zero-order valence-corrected chi connectivity index (χ0v) is 11.6. The molecule has 110 valence electrons. The number of amides is 1. The molecule has 0 bridgehead atoms. The zero-order chi connectivity index (χ0) is 14.3. The molecule has 1 rings (SSSR count). The zero-order valence-electron chi connectivity index (χ0n) is 11.6. The summed E-state index contributed by atoms with van der Waals surface area (Å²) >= 11 is 0. The highest BCUT2D eigenvalue weighted by atomic mass is 16.5. The van der Waals surface area contributed by atoms with Crippen LogP contribution in [0.5, 0.6) is 0 Å². The van der Waals surface area contributed by atoms with Gasteiger partial charge in [0.2, 0.25) is 5.91 Å². The van der Waals surface area contributed by atoms with E-state index in [0.717, 1.165) is 12.8 Å². The molecular formula is C13H24N2O4. The Hall–Kier alpha value is -1.14. The van der Waals surface area contributed by atoms with Crippen molar-refractivity contribution in [3.63, 3.8) is 0 Å². The fourth-order valence-corrected chi connectivity index (χ4v) is 2.17. The van der Waals surface area contributed by atoms with E-state index in [1.807, 2.05) is 13.8 Å². The van der Waals surface area contributed by atoms with Crippen LogP contribution in [0.1, 0.15) is 33.1 Å². The minimum atomic E-state index is -0.817. The normalized spacial score (nSPS) is 23.3. The minimum absolute atomic E-state index is 0.00478. The van der Waals surface area contributed by atoms with E-state index in [2.05, 4.69) is 10.6 Å². The number of carboxylic acid groups (broad SMARTS) is 1. The molecule has 6 nitrogen and oxygen atoms in total. The summed E-state index contributed by atoms with van der Waals surface area (Å²) in [6.45, 7) is 5.11. The summed E-state index contributed by atoms with van der Waals surface area (Å²) < 4.78 is 5.48. The molecule has 1 heterocycles. The summed E-state index contributed by atoms with van der Waals surface area (Å²) in [5.74, 6) is -1.38. The fraction of sp³-hybridized carbons (Fsp3) is 0.846. The lowest BCUT2D eigenvalue weighted by Crippen LogP contribution is -2.45. The maximum absolute atomic E-state index is 11.7. The van der Waals surface area contributed by atoms with Crippen LogP contribution in [0.2, 0.25) is 0 Å². The Morgan fingerprint density at radius 1 is 1.37 bits per heavy atom. The monoisotopic (exact) mass is 272 g/mol. The molecule has 1 aliphatic rings. The van der Waals surface area contributed by atoms with Crippen LogP contribution in [0.15, 0.2) is 0 Å².